The number of rotatable bonds is 5. The number of carbonyl (C=O) groups is 1. The molecule has 1 unspecified atom stereocenters. The molecular formula is C21H28N4O2. The molecule has 2 fully saturated rings. The fraction of sp³-hybridized carbons (Fsp3) is 0.571. The van der Waals surface area contributed by atoms with E-state index in [0.29, 0.717) is 17.6 Å². The van der Waals surface area contributed by atoms with Crippen molar-refractivity contribution in [2.45, 2.75) is 39.2 Å². The summed E-state index contributed by atoms with van der Waals surface area (Å²) in [4.78, 5) is 21.6. The minimum absolute atomic E-state index is 0.125. The third-order valence-electron chi connectivity index (χ3n) is 6.20. The molecule has 3 heterocycles. The van der Waals surface area contributed by atoms with Crippen LogP contribution in [0.25, 0.3) is 11.4 Å². The number of hydrogen-bond donors (Lipinski definition) is 0. The minimum atomic E-state index is 0.125. The predicted molar refractivity (Wildman–Crippen MR) is 103 cm³/mol. The first kappa shape index (κ1) is 18.2. The van der Waals surface area contributed by atoms with Crippen molar-refractivity contribution in [1.82, 2.24) is 19.9 Å². The standard InChI is InChI=1S/C21H28N4O2/c1-4-15(5-2)20(26)25-13-21(14-25)11-17(24(3)12-21)19-22-18(23-27-19)16-9-7-6-8-10-16/h6-10,15,17H,4-5,11-14H2,1-3H3. The molecule has 144 valence electrons. The molecule has 2 aliphatic rings. The summed E-state index contributed by atoms with van der Waals surface area (Å²) in [7, 11) is 2.11. The summed E-state index contributed by atoms with van der Waals surface area (Å²) < 4.78 is 5.60. The van der Waals surface area contributed by atoms with Crippen molar-refractivity contribution in [3.63, 3.8) is 0 Å². The van der Waals surface area contributed by atoms with E-state index in [9.17, 15) is 4.79 Å². The number of likely N-dealkylation sites (tertiary alicyclic amines) is 2. The lowest BCUT2D eigenvalue weighted by Crippen LogP contribution is -2.60. The van der Waals surface area contributed by atoms with Gasteiger partial charge in [0.15, 0.2) is 0 Å². The molecule has 6 nitrogen and oxygen atoms in total. The Morgan fingerprint density at radius 1 is 1.22 bits per heavy atom. The second kappa shape index (κ2) is 7.08. The molecule has 1 atom stereocenters. The molecule has 0 N–H and O–H groups in total. The Balaban J connectivity index is 1.43. The highest BCUT2D eigenvalue weighted by Crippen LogP contribution is 2.48. The van der Waals surface area contributed by atoms with Gasteiger partial charge in [-0.15, -0.1) is 0 Å². The lowest BCUT2D eigenvalue weighted by molar-refractivity contribution is -0.147. The van der Waals surface area contributed by atoms with Gasteiger partial charge in [-0.1, -0.05) is 49.3 Å². The smallest absolute Gasteiger partial charge is 0.244 e. The fourth-order valence-electron chi connectivity index (χ4n) is 4.67. The molecule has 2 aromatic rings. The third kappa shape index (κ3) is 3.27. The van der Waals surface area contributed by atoms with Gasteiger partial charge in [0.25, 0.3) is 0 Å². The summed E-state index contributed by atoms with van der Waals surface area (Å²) in [6.45, 7) is 6.86. The lowest BCUT2D eigenvalue weighted by Gasteiger charge is -2.49. The molecule has 2 saturated heterocycles. The van der Waals surface area contributed by atoms with Gasteiger partial charge in [-0.25, -0.2) is 0 Å². The van der Waals surface area contributed by atoms with Crippen LogP contribution in [0.4, 0.5) is 0 Å². The number of benzene rings is 1. The van der Waals surface area contributed by atoms with E-state index >= 15 is 0 Å². The first-order chi connectivity index (χ1) is 13.0. The van der Waals surface area contributed by atoms with E-state index in [-0.39, 0.29) is 17.4 Å². The van der Waals surface area contributed by atoms with Crippen molar-refractivity contribution in [2.75, 3.05) is 26.7 Å². The summed E-state index contributed by atoms with van der Waals surface area (Å²) >= 11 is 0. The number of aromatic nitrogens is 2. The second-order valence-electron chi connectivity index (χ2n) is 8.17. The number of hydrogen-bond acceptors (Lipinski definition) is 5. The topological polar surface area (TPSA) is 62.5 Å². The van der Waals surface area contributed by atoms with Crippen LogP contribution in [0.3, 0.4) is 0 Å². The highest BCUT2D eigenvalue weighted by Gasteiger charge is 2.53. The Bertz CT molecular complexity index is 794. The van der Waals surface area contributed by atoms with Gasteiger partial charge in [0, 0.05) is 36.5 Å². The first-order valence-corrected chi connectivity index (χ1v) is 9.93. The highest BCUT2D eigenvalue weighted by atomic mass is 16.5. The van der Waals surface area contributed by atoms with E-state index in [2.05, 4.69) is 35.9 Å². The second-order valence-corrected chi connectivity index (χ2v) is 8.17. The molecule has 0 saturated carbocycles. The van der Waals surface area contributed by atoms with Crippen LogP contribution >= 0.6 is 0 Å². The van der Waals surface area contributed by atoms with Crippen molar-refractivity contribution in [2.24, 2.45) is 11.3 Å². The van der Waals surface area contributed by atoms with Gasteiger partial charge in [-0.05, 0) is 26.3 Å². The van der Waals surface area contributed by atoms with Gasteiger partial charge in [0.1, 0.15) is 0 Å². The van der Waals surface area contributed by atoms with Crippen LogP contribution in [0.15, 0.2) is 34.9 Å². The SMILES string of the molecule is CCC(CC)C(=O)N1CC2(CC(c3nc(-c4ccccc4)no3)N(C)C2)C1. The number of carbonyl (C=O) groups excluding carboxylic acids is 1. The average molecular weight is 368 g/mol. The largest absolute Gasteiger partial charge is 0.341 e. The molecule has 4 rings (SSSR count). The van der Waals surface area contributed by atoms with E-state index in [0.717, 1.165) is 44.5 Å². The maximum absolute atomic E-state index is 12.6. The molecule has 2 aliphatic heterocycles. The van der Waals surface area contributed by atoms with Gasteiger partial charge in [0.05, 0.1) is 6.04 Å². The Hall–Kier alpha value is -2.21. The fourth-order valence-corrected chi connectivity index (χ4v) is 4.67. The van der Waals surface area contributed by atoms with E-state index < -0.39 is 0 Å². The van der Waals surface area contributed by atoms with Gasteiger partial charge in [0.2, 0.25) is 17.6 Å². The zero-order chi connectivity index (χ0) is 19.0. The molecule has 1 spiro atoms. The Kier molecular flexibility index (Phi) is 4.76. The maximum atomic E-state index is 12.6. The summed E-state index contributed by atoms with van der Waals surface area (Å²) in [5.74, 6) is 1.81. The van der Waals surface area contributed by atoms with Crippen molar-refractivity contribution in [1.29, 1.82) is 0 Å². The Labute approximate surface area is 160 Å². The average Bonchev–Trinajstić information content (AvgIpc) is 3.27. The van der Waals surface area contributed by atoms with E-state index in [1.165, 1.54) is 0 Å². The van der Waals surface area contributed by atoms with Crippen LogP contribution in [0.2, 0.25) is 0 Å². The molecule has 6 heteroatoms. The number of nitrogens with zero attached hydrogens (tertiary/aromatic N) is 4. The van der Waals surface area contributed by atoms with E-state index in [4.69, 9.17) is 4.52 Å². The number of amides is 1. The molecule has 27 heavy (non-hydrogen) atoms. The van der Waals surface area contributed by atoms with Crippen LogP contribution in [0, 0.1) is 11.3 Å². The summed E-state index contributed by atoms with van der Waals surface area (Å²) in [6.07, 6.45) is 2.81. The van der Waals surface area contributed by atoms with Crippen LogP contribution in [-0.4, -0.2) is 52.5 Å². The summed E-state index contributed by atoms with van der Waals surface area (Å²) in [5.41, 5.74) is 1.14. The molecule has 0 aliphatic carbocycles. The highest BCUT2D eigenvalue weighted by molar-refractivity contribution is 5.79. The van der Waals surface area contributed by atoms with Crippen molar-refractivity contribution in [3.8, 4) is 11.4 Å². The molecular weight excluding hydrogens is 340 g/mol. The predicted octanol–water partition coefficient (Wildman–Crippen LogP) is 3.38. The quantitative estimate of drug-likeness (QED) is 0.810. The Morgan fingerprint density at radius 3 is 2.59 bits per heavy atom. The monoisotopic (exact) mass is 368 g/mol. The molecule has 0 radical (unpaired) electrons. The summed E-state index contributed by atoms with van der Waals surface area (Å²) in [6, 6.07) is 10.0. The molecule has 1 aromatic carbocycles. The lowest BCUT2D eigenvalue weighted by atomic mass is 9.77. The van der Waals surface area contributed by atoms with Crippen LogP contribution in [0.1, 0.15) is 45.0 Å². The van der Waals surface area contributed by atoms with E-state index in [1.54, 1.807) is 0 Å². The maximum Gasteiger partial charge on any atom is 0.244 e. The van der Waals surface area contributed by atoms with Crippen molar-refractivity contribution in [3.05, 3.63) is 36.2 Å². The van der Waals surface area contributed by atoms with E-state index in [1.807, 2.05) is 35.2 Å². The van der Waals surface area contributed by atoms with Gasteiger partial charge >= 0.3 is 0 Å². The van der Waals surface area contributed by atoms with Crippen LogP contribution in [0.5, 0.6) is 0 Å². The zero-order valence-electron chi connectivity index (χ0n) is 16.4. The summed E-state index contributed by atoms with van der Waals surface area (Å²) in [5, 5.41) is 4.17. The van der Waals surface area contributed by atoms with Crippen LogP contribution < -0.4 is 0 Å². The van der Waals surface area contributed by atoms with Gasteiger partial charge in [-0.3, -0.25) is 9.69 Å². The Morgan fingerprint density at radius 2 is 1.93 bits per heavy atom. The molecule has 1 amide bonds. The third-order valence-corrected chi connectivity index (χ3v) is 6.20. The minimum Gasteiger partial charge on any atom is -0.341 e. The molecule has 0 bridgehead atoms. The molecule has 1 aromatic heterocycles. The van der Waals surface area contributed by atoms with Crippen molar-refractivity contribution >= 4 is 5.91 Å². The van der Waals surface area contributed by atoms with Crippen molar-refractivity contribution < 1.29 is 9.32 Å². The van der Waals surface area contributed by atoms with Gasteiger partial charge in [-0.2, -0.15) is 4.98 Å². The first-order valence-electron chi connectivity index (χ1n) is 9.93. The van der Waals surface area contributed by atoms with Gasteiger partial charge < -0.3 is 9.42 Å². The zero-order valence-corrected chi connectivity index (χ0v) is 16.4. The normalized spacial score (nSPS) is 21.8. The van der Waals surface area contributed by atoms with Crippen LogP contribution in [-0.2, 0) is 4.79 Å².